The standard InChI is InChI=1S/C15H16N4S/c1-9-15(20-10(2)18-9)14(19-16)12-5-3-7-13-11(12)6-4-8-17-13/h3-8,14,19H,16H2,1-2H3. The van der Waals surface area contributed by atoms with Crippen LogP contribution < -0.4 is 11.3 Å². The number of rotatable bonds is 3. The highest BCUT2D eigenvalue weighted by Gasteiger charge is 2.20. The molecule has 0 spiro atoms. The van der Waals surface area contributed by atoms with Crippen molar-refractivity contribution in [1.82, 2.24) is 15.4 Å². The fraction of sp³-hybridized carbons (Fsp3) is 0.200. The normalized spacial score (nSPS) is 12.8. The molecule has 1 atom stereocenters. The van der Waals surface area contributed by atoms with Gasteiger partial charge in [-0.3, -0.25) is 10.8 Å². The van der Waals surface area contributed by atoms with E-state index in [0.29, 0.717) is 0 Å². The van der Waals surface area contributed by atoms with Crippen LogP contribution in [0.25, 0.3) is 10.9 Å². The summed E-state index contributed by atoms with van der Waals surface area (Å²) in [5.41, 5.74) is 6.05. The number of aryl methyl sites for hydroxylation is 2. The summed E-state index contributed by atoms with van der Waals surface area (Å²) in [4.78, 5) is 10.0. The van der Waals surface area contributed by atoms with Gasteiger partial charge >= 0.3 is 0 Å². The van der Waals surface area contributed by atoms with Gasteiger partial charge in [0.1, 0.15) is 0 Å². The number of pyridine rings is 1. The molecule has 0 saturated heterocycles. The molecule has 0 aliphatic heterocycles. The molecule has 1 unspecified atom stereocenters. The summed E-state index contributed by atoms with van der Waals surface area (Å²) in [5.74, 6) is 5.81. The van der Waals surface area contributed by atoms with Gasteiger partial charge in [-0.1, -0.05) is 18.2 Å². The van der Waals surface area contributed by atoms with E-state index in [0.717, 1.165) is 32.0 Å². The Morgan fingerprint density at radius 2 is 2.05 bits per heavy atom. The number of nitrogens with two attached hydrogens (primary N) is 1. The molecule has 0 bridgehead atoms. The Balaban J connectivity index is 2.19. The number of hydrogen-bond acceptors (Lipinski definition) is 5. The van der Waals surface area contributed by atoms with Gasteiger partial charge in [-0.05, 0) is 31.5 Å². The first kappa shape index (κ1) is 13.2. The van der Waals surface area contributed by atoms with Gasteiger partial charge in [-0.2, -0.15) is 0 Å². The van der Waals surface area contributed by atoms with E-state index in [1.807, 2.05) is 32.0 Å². The van der Waals surface area contributed by atoms with Crippen LogP contribution in [0.4, 0.5) is 0 Å². The van der Waals surface area contributed by atoms with Crippen molar-refractivity contribution < 1.29 is 0 Å². The van der Waals surface area contributed by atoms with E-state index in [2.05, 4.69) is 27.5 Å². The van der Waals surface area contributed by atoms with Gasteiger partial charge in [-0.25, -0.2) is 10.4 Å². The maximum Gasteiger partial charge on any atom is 0.0900 e. The molecule has 0 aliphatic carbocycles. The second kappa shape index (κ2) is 5.28. The average molecular weight is 284 g/mol. The van der Waals surface area contributed by atoms with Gasteiger partial charge in [0, 0.05) is 11.6 Å². The Morgan fingerprint density at radius 3 is 2.75 bits per heavy atom. The SMILES string of the molecule is Cc1nc(C)c(C(NN)c2cccc3ncccc23)s1. The van der Waals surface area contributed by atoms with Gasteiger partial charge in [0.25, 0.3) is 0 Å². The third-order valence-electron chi connectivity index (χ3n) is 3.36. The average Bonchev–Trinajstić information content (AvgIpc) is 2.79. The van der Waals surface area contributed by atoms with E-state index in [4.69, 9.17) is 5.84 Å². The molecule has 2 aromatic heterocycles. The second-order valence-corrected chi connectivity index (χ2v) is 5.93. The predicted octanol–water partition coefficient (Wildman–Crippen LogP) is 2.86. The maximum atomic E-state index is 5.81. The molecule has 5 heteroatoms. The lowest BCUT2D eigenvalue weighted by Gasteiger charge is -2.17. The zero-order chi connectivity index (χ0) is 14.1. The van der Waals surface area contributed by atoms with E-state index in [1.165, 1.54) is 0 Å². The monoisotopic (exact) mass is 284 g/mol. The van der Waals surface area contributed by atoms with Crippen molar-refractivity contribution >= 4 is 22.2 Å². The van der Waals surface area contributed by atoms with E-state index in [9.17, 15) is 0 Å². The Kier molecular flexibility index (Phi) is 3.48. The fourth-order valence-corrected chi connectivity index (χ4v) is 3.51. The van der Waals surface area contributed by atoms with E-state index < -0.39 is 0 Å². The zero-order valence-electron chi connectivity index (χ0n) is 11.4. The first-order valence-corrected chi connectivity index (χ1v) is 7.26. The van der Waals surface area contributed by atoms with Crippen LogP contribution in [0.5, 0.6) is 0 Å². The predicted molar refractivity (Wildman–Crippen MR) is 82.5 cm³/mol. The van der Waals surface area contributed by atoms with Crippen LogP contribution in [0.15, 0.2) is 36.5 Å². The maximum absolute atomic E-state index is 5.81. The third-order valence-corrected chi connectivity index (χ3v) is 4.50. The summed E-state index contributed by atoms with van der Waals surface area (Å²) >= 11 is 1.68. The van der Waals surface area contributed by atoms with Gasteiger partial charge in [0.05, 0.1) is 27.1 Å². The topological polar surface area (TPSA) is 63.8 Å². The van der Waals surface area contributed by atoms with Crippen molar-refractivity contribution in [3.8, 4) is 0 Å². The second-order valence-electron chi connectivity index (χ2n) is 4.70. The smallest absolute Gasteiger partial charge is 0.0900 e. The molecule has 0 saturated carbocycles. The highest BCUT2D eigenvalue weighted by atomic mass is 32.1. The number of benzene rings is 1. The van der Waals surface area contributed by atoms with Crippen LogP contribution in [0.2, 0.25) is 0 Å². The fourth-order valence-electron chi connectivity index (χ4n) is 2.50. The Labute approximate surface area is 121 Å². The van der Waals surface area contributed by atoms with Crippen LogP contribution in [0.1, 0.15) is 27.2 Å². The van der Waals surface area contributed by atoms with E-state index in [1.54, 1.807) is 17.5 Å². The lowest BCUT2D eigenvalue weighted by atomic mass is 10.00. The first-order valence-electron chi connectivity index (χ1n) is 6.44. The molecule has 3 rings (SSSR count). The number of nitrogens with one attached hydrogen (secondary N) is 1. The summed E-state index contributed by atoms with van der Waals surface area (Å²) in [6.45, 7) is 4.03. The van der Waals surface area contributed by atoms with Crippen LogP contribution in [-0.4, -0.2) is 9.97 Å². The molecule has 3 aromatic rings. The van der Waals surface area contributed by atoms with Crippen molar-refractivity contribution in [3.05, 3.63) is 57.7 Å². The van der Waals surface area contributed by atoms with Gasteiger partial charge < -0.3 is 0 Å². The van der Waals surface area contributed by atoms with Crippen molar-refractivity contribution in [3.63, 3.8) is 0 Å². The van der Waals surface area contributed by atoms with E-state index >= 15 is 0 Å². The van der Waals surface area contributed by atoms with E-state index in [-0.39, 0.29) is 6.04 Å². The lowest BCUT2D eigenvalue weighted by Crippen LogP contribution is -2.28. The molecule has 20 heavy (non-hydrogen) atoms. The van der Waals surface area contributed by atoms with Crippen molar-refractivity contribution in [2.45, 2.75) is 19.9 Å². The third kappa shape index (κ3) is 2.20. The van der Waals surface area contributed by atoms with Gasteiger partial charge in [-0.15, -0.1) is 11.3 Å². The summed E-state index contributed by atoms with van der Waals surface area (Å²) in [7, 11) is 0. The highest BCUT2D eigenvalue weighted by molar-refractivity contribution is 7.11. The number of hydrogen-bond donors (Lipinski definition) is 2. The molecule has 1 aromatic carbocycles. The number of aromatic nitrogens is 2. The van der Waals surface area contributed by atoms with Crippen molar-refractivity contribution in [1.29, 1.82) is 0 Å². The minimum Gasteiger partial charge on any atom is -0.271 e. The number of thiazole rings is 1. The van der Waals surface area contributed by atoms with Crippen LogP contribution in [0.3, 0.4) is 0 Å². The van der Waals surface area contributed by atoms with Crippen molar-refractivity contribution in [2.75, 3.05) is 0 Å². The lowest BCUT2D eigenvalue weighted by molar-refractivity contribution is 0.646. The molecule has 2 heterocycles. The van der Waals surface area contributed by atoms with Crippen LogP contribution in [0, 0.1) is 13.8 Å². The zero-order valence-corrected chi connectivity index (χ0v) is 12.2. The molecule has 0 aliphatic rings. The van der Waals surface area contributed by atoms with Gasteiger partial charge in [0.15, 0.2) is 0 Å². The van der Waals surface area contributed by atoms with Gasteiger partial charge in [0.2, 0.25) is 0 Å². The molecule has 102 valence electrons. The summed E-state index contributed by atoms with van der Waals surface area (Å²) in [5, 5.41) is 2.17. The van der Waals surface area contributed by atoms with Crippen LogP contribution >= 0.6 is 11.3 Å². The largest absolute Gasteiger partial charge is 0.271 e. The summed E-state index contributed by atoms with van der Waals surface area (Å²) in [6.07, 6.45) is 1.80. The Hall–Kier alpha value is -1.82. The molecule has 4 nitrogen and oxygen atoms in total. The number of hydrazine groups is 1. The molecule has 0 radical (unpaired) electrons. The summed E-state index contributed by atoms with van der Waals surface area (Å²) < 4.78 is 0. The number of nitrogens with zero attached hydrogens (tertiary/aromatic N) is 2. The quantitative estimate of drug-likeness (QED) is 0.573. The number of fused-ring (bicyclic) bond motifs is 1. The first-order chi connectivity index (χ1) is 9.70. The Bertz CT molecular complexity index is 745. The minimum atomic E-state index is -0.0610. The molecular weight excluding hydrogens is 268 g/mol. The van der Waals surface area contributed by atoms with Crippen LogP contribution in [-0.2, 0) is 0 Å². The highest BCUT2D eigenvalue weighted by Crippen LogP contribution is 2.32. The summed E-state index contributed by atoms with van der Waals surface area (Å²) in [6, 6.07) is 10.1. The molecule has 0 fully saturated rings. The van der Waals surface area contributed by atoms with Crippen molar-refractivity contribution in [2.24, 2.45) is 5.84 Å². The molecular formula is C15H16N4S. The Morgan fingerprint density at radius 1 is 1.20 bits per heavy atom. The molecule has 0 amide bonds. The minimum absolute atomic E-state index is 0.0610. The molecule has 3 N–H and O–H groups in total.